The van der Waals surface area contributed by atoms with Crippen LogP contribution in [0.25, 0.3) is 23.0 Å². The number of nitrogens with zero attached hydrogens (tertiary/aromatic N) is 3. The summed E-state index contributed by atoms with van der Waals surface area (Å²) in [6.07, 6.45) is 1.77. The van der Waals surface area contributed by atoms with Gasteiger partial charge < -0.3 is 23.9 Å². The summed E-state index contributed by atoms with van der Waals surface area (Å²) < 4.78 is 17.6. The van der Waals surface area contributed by atoms with Gasteiger partial charge in [-0.3, -0.25) is 4.79 Å². The summed E-state index contributed by atoms with van der Waals surface area (Å²) in [6, 6.07) is 15.9. The minimum atomic E-state index is -0.220. The Morgan fingerprint density at radius 1 is 1.10 bits per heavy atom. The first-order valence-corrected chi connectivity index (χ1v) is 9.72. The van der Waals surface area contributed by atoms with Crippen molar-refractivity contribution in [2.45, 2.75) is 6.54 Å². The van der Waals surface area contributed by atoms with E-state index in [0.29, 0.717) is 39.6 Å². The molecule has 2 aromatic heterocycles. The van der Waals surface area contributed by atoms with Gasteiger partial charge in [0.25, 0.3) is 5.89 Å². The van der Waals surface area contributed by atoms with Crippen LogP contribution in [0.3, 0.4) is 0 Å². The van der Waals surface area contributed by atoms with E-state index in [1.807, 2.05) is 24.3 Å². The Bertz CT molecular complexity index is 1200. The van der Waals surface area contributed by atoms with Gasteiger partial charge in [-0.05, 0) is 48.5 Å². The third-order valence-corrected chi connectivity index (χ3v) is 4.81. The summed E-state index contributed by atoms with van der Waals surface area (Å²) in [5.41, 5.74) is 2.01. The molecule has 4 aromatic rings. The number of methoxy groups -OCH3 is 2. The first kappa shape index (κ1) is 20.5. The van der Waals surface area contributed by atoms with Crippen LogP contribution in [0.5, 0.6) is 11.5 Å². The minimum absolute atomic E-state index is 0.0648. The number of hydrogen-bond donors (Lipinski definition) is 1. The summed E-state index contributed by atoms with van der Waals surface area (Å²) in [6.45, 7) is 0.0648. The summed E-state index contributed by atoms with van der Waals surface area (Å²) >= 11 is 5.93. The molecule has 0 spiro atoms. The summed E-state index contributed by atoms with van der Waals surface area (Å²) in [7, 11) is 3.10. The number of amides is 1. The molecular formula is C22H19ClN4O4. The molecule has 1 N–H and O–H groups in total. The molecule has 31 heavy (non-hydrogen) atoms. The third kappa shape index (κ3) is 4.54. The lowest BCUT2D eigenvalue weighted by Crippen LogP contribution is -2.18. The molecule has 0 saturated carbocycles. The van der Waals surface area contributed by atoms with Crippen LogP contribution in [0, 0.1) is 0 Å². The SMILES string of the molecule is COc1ccc(NC(=O)Cn2cccc2-c2nc(-c3ccc(Cl)cc3)no2)cc1OC. The molecule has 4 rings (SSSR count). The van der Waals surface area contributed by atoms with E-state index in [1.165, 1.54) is 7.11 Å². The lowest BCUT2D eigenvalue weighted by molar-refractivity contribution is -0.116. The smallest absolute Gasteiger partial charge is 0.274 e. The Morgan fingerprint density at radius 3 is 2.61 bits per heavy atom. The second-order valence-electron chi connectivity index (χ2n) is 6.57. The van der Waals surface area contributed by atoms with Gasteiger partial charge in [-0.15, -0.1) is 0 Å². The first-order chi connectivity index (χ1) is 15.1. The Hall–Kier alpha value is -3.78. The van der Waals surface area contributed by atoms with Crippen LogP contribution in [0.1, 0.15) is 0 Å². The maximum atomic E-state index is 12.6. The van der Waals surface area contributed by atoms with Crippen molar-refractivity contribution in [3.05, 3.63) is 65.8 Å². The van der Waals surface area contributed by atoms with Crippen molar-refractivity contribution >= 4 is 23.2 Å². The summed E-state index contributed by atoms with van der Waals surface area (Å²) in [5, 5.41) is 7.50. The number of anilines is 1. The molecule has 2 aromatic carbocycles. The van der Waals surface area contributed by atoms with E-state index in [0.717, 1.165) is 5.56 Å². The van der Waals surface area contributed by atoms with E-state index < -0.39 is 0 Å². The average Bonchev–Trinajstić information content (AvgIpc) is 3.43. The molecule has 0 unspecified atom stereocenters. The second kappa shape index (κ2) is 8.93. The van der Waals surface area contributed by atoms with Crippen LogP contribution in [0.15, 0.2) is 65.3 Å². The number of carbonyl (C=O) groups excluding carboxylic acids is 1. The van der Waals surface area contributed by atoms with Crippen molar-refractivity contribution in [1.82, 2.24) is 14.7 Å². The molecule has 0 aliphatic rings. The molecule has 0 aliphatic heterocycles. The molecule has 8 nitrogen and oxygen atoms in total. The van der Waals surface area contributed by atoms with Crippen molar-refractivity contribution in [2.75, 3.05) is 19.5 Å². The van der Waals surface area contributed by atoms with Crippen molar-refractivity contribution in [2.24, 2.45) is 0 Å². The lowest BCUT2D eigenvalue weighted by Gasteiger charge is -2.11. The van der Waals surface area contributed by atoms with E-state index >= 15 is 0 Å². The monoisotopic (exact) mass is 438 g/mol. The quantitative estimate of drug-likeness (QED) is 0.456. The minimum Gasteiger partial charge on any atom is -0.493 e. The number of aromatic nitrogens is 3. The fourth-order valence-electron chi connectivity index (χ4n) is 3.06. The van der Waals surface area contributed by atoms with E-state index in [1.54, 1.807) is 48.2 Å². The van der Waals surface area contributed by atoms with Crippen molar-refractivity contribution in [3.63, 3.8) is 0 Å². The van der Waals surface area contributed by atoms with Crippen LogP contribution in [0.2, 0.25) is 5.02 Å². The predicted octanol–water partition coefficient (Wildman–Crippen LogP) is 4.51. The number of benzene rings is 2. The highest BCUT2D eigenvalue weighted by atomic mass is 35.5. The number of hydrogen-bond acceptors (Lipinski definition) is 6. The van der Waals surface area contributed by atoms with Gasteiger partial charge in [0.2, 0.25) is 11.7 Å². The first-order valence-electron chi connectivity index (χ1n) is 9.34. The van der Waals surface area contributed by atoms with Crippen LogP contribution >= 0.6 is 11.6 Å². The number of carbonyl (C=O) groups is 1. The van der Waals surface area contributed by atoms with Crippen LogP contribution in [-0.4, -0.2) is 34.8 Å². The Labute approximate surface area is 183 Å². The third-order valence-electron chi connectivity index (χ3n) is 4.56. The molecule has 0 aliphatic carbocycles. The molecule has 2 heterocycles. The zero-order valence-corrected chi connectivity index (χ0v) is 17.6. The van der Waals surface area contributed by atoms with Gasteiger partial charge >= 0.3 is 0 Å². The van der Waals surface area contributed by atoms with Crippen LogP contribution in [0.4, 0.5) is 5.69 Å². The number of ether oxygens (including phenoxy) is 2. The zero-order chi connectivity index (χ0) is 21.8. The largest absolute Gasteiger partial charge is 0.493 e. The van der Waals surface area contributed by atoms with Gasteiger partial charge in [-0.1, -0.05) is 16.8 Å². The van der Waals surface area contributed by atoms with E-state index in [9.17, 15) is 4.79 Å². The van der Waals surface area contributed by atoms with Gasteiger partial charge in [0, 0.05) is 28.5 Å². The van der Waals surface area contributed by atoms with E-state index in [2.05, 4.69) is 15.5 Å². The maximum absolute atomic E-state index is 12.6. The van der Waals surface area contributed by atoms with E-state index in [4.69, 9.17) is 25.6 Å². The van der Waals surface area contributed by atoms with Crippen molar-refractivity contribution in [3.8, 4) is 34.5 Å². The van der Waals surface area contributed by atoms with Crippen molar-refractivity contribution in [1.29, 1.82) is 0 Å². The van der Waals surface area contributed by atoms with Gasteiger partial charge in [-0.2, -0.15) is 4.98 Å². The second-order valence-corrected chi connectivity index (χ2v) is 7.01. The topological polar surface area (TPSA) is 91.4 Å². The molecule has 0 atom stereocenters. The normalized spacial score (nSPS) is 10.7. The molecule has 1 amide bonds. The molecule has 0 radical (unpaired) electrons. The van der Waals surface area contributed by atoms with E-state index in [-0.39, 0.29) is 12.5 Å². The van der Waals surface area contributed by atoms with Gasteiger partial charge in [0.15, 0.2) is 11.5 Å². The van der Waals surface area contributed by atoms with Gasteiger partial charge in [0.05, 0.1) is 14.2 Å². The molecule has 158 valence electrons. The fraction of sp³-hybridized carbons (Fsp3) is 0.136. The predicted molar refractivity (Wildman–Crippen MR) is 116 cm³/mol. The molecule has 0 saturated heterocycles. The summed E-state index contributed by atoms with van der Waals surface area (Å²) in [5.74, 6) is 1.65. The molecular weight excluding hydrogens is 420 g/mol. The molecule has 9 heteroatoms. The Morgan fingerprint density at radius 2 is 1.87 bits per heavy atom. The lowest BCUT2D eigenvalue weighted by atomic mass is 10.2. The highest BCUT2D eigenvalue weighted by Gasteiger charge is 2.16. The van der Waals surface area contributed by atoms with Gasteiger partial charge in [0.1, 0.15) is 12.2 Å². The standard InChI is InChI=1S/C22H19ClN4O4/c1-29-18-10-9-16(12-19(18)30-2)24-20(28)13-27-11-3-4-17(27)22-25-21(26-31-22)14-5-7-15(23)8-6-14/h3-12H,13H2,1-2H3,(H,24,28). The Balaban J connectivity index is 1.49. The fourth-order valence-corrected chi connectivity index (χ4v) is 3.19. The molecule has 0 bridgehead atoms. The van der Waals surface area contributed by atoms with Crippen LogP contribution < -0.4 is 14.8 Å². The number of halogens is 1. The van der Waals surface area contributed by atoms with Gasteiger partial charge in [-0.25, -0.2) is 0 Å². The number of nitrogens with one attached hydrogen (secondary N) is 1. The maximum Gasteiger partial charge on any atom is 0.274 e. The molecule has 0 fully saturated rings. The average molecular weight is 439 g/mol. The highest BCUT2D eigenvalue weighted by molar-refractivity contribution is 6.30. The zero-order valence-electron chi connectivity index (χ0n) is 16.8. The van der Waals surface area contributed by atoms with Crippen molar-refractivity contribution < 1.29 is 18.8 Å². The summed E-state index contributed by atoms with van der Waals surface area (Å²) in [4.78, 5) is 17.0. The number of rotatable bonds is 7. The highest BCUT2D eigenvalue weighted by Crippen LogP contribution is 2.30. The van der Waals surface area contributed by atoms with Crippen LogP contribution in [-0.2, 0) is 11.3 Å². The Kier molecular flexibility index (Phi) is 5.90.